The van der Waals surface area contributed by atoms with Gasteiger partial charge in [0.25, 0.3) is 0 Å². The third kappa shape index (κ3) is 5.26. The molecule has 0 aliphatic rings. The van der Waals surface area contributed by atoms with Gasteiger partial charge in [-0.1, -0.05) is 18.2 Å². The fourth-order valence-corrected chi connectivity index (χ4v) is 5.28. The van der Waals surface area contributed by atoms with Crippen LogP contribution in [-0.4, -0.2) is 49.0 Å². The van der Waals surface area contributed by atoms with Gasteiger partial charge in [0.15, 0.2) is 5.84 Å². The molecule has 0 spiro atoms. The standard InChI is InChI=1S/C18H26N10O3S2/c19-6-7-24-32-13-5-4-9(14(17(21)27-28-22)16(13)33(23,30)31)10-2-1-3-12-15(10)26-18(25-12)11(20)8-29/h1-5,11,24,28-29H,6-8,19-20,22H2,(H2,21,27)(H,25,26)(H2,23,30,31)/t11-/m0/s1. The zero-order chi connectivity index (χ0) is 24.2. The van der Waals surface area contributed by atoms with Gasteiger partial charge in [-0.15, -0.1) is 5.10 Å². The molecule has 178 valence electrons. The van der Waals surface area contributed by atoms with Crippen LogP contribution in [0.25, 0.3) is 22.2 Å². The predicted octanol–water partition coefficient (Wildman–Crippen LogP) is -1.49. The SMILES string of the molecule is NCCNSc1ccc(-c2cccc3[nH]c([C@@H](N)CO)nc23)c(/C(N)=N/NN)c1S(N)(=O)=O. The molecule has 1 heterocycles. The van der Waals surface area contributed by atoms with Crippen LogP contribution < -0.4 is 38.4 Å². The summed E-state index contributed by atoms with van der Waals surface area (Å²) in [7, 11) is -4.26. The van der Waals surface area contributed by atoms with E-state index in [9.17, 15) is 13.5 Å². The van der Waals surface area contributed by atoms with Crippen LogP contribution in [0, 0.1) is 0 Å². The molecule has 1 atom stereocenters. The molecule has 13 nitrogen and oxygen atoms in total. The van der Waals surface area contributed by atoms with Crippen molar-refractivity contribution < 1.29 is 13.5 Å². The normalized spacial score (nSPS) is 13.4. The van der Waals surface area contributed by atoms with Gasteiger partial charge in [-0.05, 0) is 29.6 Å². The Kier molecular flexibility index (Phi) is 7.88. The third-order valence-corrected chi connectivity index (χ3v) is 6.68. The van der Waals surface area contributed by atoms with E-state index < -0.39 is 16.1 Å². The zero-order valence-corrected chi connectivity index (χ0v) is 19.1. The van der Waals surface area contributed by atoms with E-state index in [-0.39, 0.29) is 22.9 Å². The summed E-state index contributed by atoms with van der Waals surface area (Å²) in [5.74, 6) is 5.48. The summed E-state index contributed by atoms with van der Waals surface area (Å²) in [6.07, 6.45) is 0. The fraction of sp³-hybridized carbons (Fsp3) is 0.222. The van der Waals surface area contributed by atoms with Crippen molar-refractivity contribution in [2.75, 3.05) is 19.7 Å². The number of hydrazone groups is 1. The highest BCUT2D eigenvalue weighted by atomic mass is 32.2. The molecule has 15 heteroatoms. The molecule has 0 unspecified atom stereocenters. The van der Waals surface area contributed by atoms with Gasteiger partial charge in [-0.3, -0.25) is 4.72 Å². The minimum Gasteiger partial charge on any atom is -0.394 e. The first-order valence-corrected chi connectivity index (χ1v) is 12.0. The summed E-state index contributed by atoms with van der Waals surface area (Å²) in [6.45, 7) is 0.475. The van der Waals surface area contributed by atoms with Gasteiger partial charge in [0.1, 0.15) is 10.7 Å². The van der Waals surface area contributed by atoms with Crippen LogP contribution in [0.2, 0.25) is 0 Å². The number of nitrogens with zero attached hydrogens (tertiary/aromatic N) is 2. The van der Waals surface area contributed by atoms with Crippen LogP contribution in [0.15, 0.2) is 45.2 Å². The van der Waals surface area contributed by atoms with Crippen molar-refractivity contribution in [1.29, 1.82) is 0 Å². The van der Waals surface area contributed by atoms with Crippen molar-refractivity contribution in [2.24, 2.45) is 33.3 Å². The lowest BCUT2D eigenvalue weighted by Gasteiger charge is -2.17. The van der Waals surface area contributed by atoms with E-state index in [1.165, 1.54) is 0 Å². The van der Waals surface area contributed by atoms with Crippen LogP contribution in [0.4, 0.5) is 0 Å². The molecule has 2 aromatic carbocycles. The number of fused-ring (bicyclic) bond motifs is 1. The van der Waals surface area contributed by atoms with Crippen LogP contribution in [0.5, 0.6) is 0 Å². The number of imidazole rings is 1. The largest absolute Gasteiger partial charge is 0.394 e. The van der Waals surface area contributed by atoms with E-state index in [1.807, 2.05) is 0 Å². The van der Waals surface area contributed by atoms with E-state index in [4.69, 9.17) is 28.2 Å². The van der Waals surface area contributed by atoms with E-state index in [0.717, 1.165) is 11.9 Å². The number of benzene rings is 2. The van der Waals surface area contributed by atoms with Crippen molar-refractivity contribution in [3.63, 3.8) is 0 Å². The number of para-hydroxylation sites is 1. The van der Waals surface area contributed by atoms with Crippen molar-refractivity contribution in [2.45, 2.75) is 15.8 Å². The highest BCUT2D eigenvalue weighted by Gasteiger charge is 2.27. The molecule has 0 saturated carbocycles. The van der Waals surface area contributed by atoms with E-state index in [1.54, 1.807) is 30.3 Å². The van der Waals surface area contributed by atoms with E-state index >= 15 is 0 Å². The number of amidine groups is 1. The molecule has 0 amide bonds. The summed E-state index contributed by atoms with van der Waals surface area (Å²) >= 11 is 1.05. The summed E-state index contributed by atoms with van der Waals surface area (Å²) < 4.78 is 28.3. The number of nitrogens with two attached hydrogens (primary N) is 5. The van der Waals surface area contributed by atoms with Crippen LogP contribution >= 0.6 is 11.9 Å². The number of sulfonamides is 1. The highest BCUT2D eigenvalue weighted by molar-refractivity contribution is 7.98. The van der Waals surface area contributed by atoms with Crippen molar-refractivity contribution in [1.82, 2.24) is 20.2 Å². The number of hydrazine groups is 1. The number of nitrogens with one attached hydrogen (secondary N) is 3. The Morgan fingerprint density at radius 3 is 2.67 bits per heavy atom. The monoisotopic (exact) mass is 494 g/mol. The smallest absolute Gasteiger partial charge is 0.239 e. The molecule has 0 saturated heterocycles. The Hall–Kier alpha value is -2.76. The molecule has 0 fully saturated rings. The maximum Gasteiger partial charge on any atom is 0.239 e. The Labute approximate surface area is 194 Å². The van der Waals surface area contributed by atoms with Gasteiger partial charge in [0.2, 0.25) is 10.0 Å². The van der Waals surface area contributed by atoms with Gasteiger partial charge in [-0.25, -0.2) is 29.9 Å². The Morgan fingerprint density at radius 1 is 1.27 bits per heavy atom. The summed E-state index contributed by atoms with van der Waals surface area (Å²) in [5, 5.41) is 18.8. The average Bonchev–Trinajstić information content (AvgIpc) is 3.22. The van der Waals surface area contributed by atoms with Gasteiger partial charge in [-0.2, -0.15) is 0 Å². The summed E-state index contributed by atoms with van der Waals surface area (Å²) in [4.78, 5) is 7.64. The van der Waals surface area contributed by atoms with Gasteiger partial charge in [0.05, 0.1) is 23.7 Å². The number of hydrogen-bond donors (Lipinski definition) is 9. The van der Waals surface area contributed by atoms with Crippen molar-refractivity contribution >= 4 is 38.8 Å². The second kappa shape index (κ2) is 10.4. The van der Waals surface area contributed by atoms with Crippen molar-refractivity contribution in [3.8, 4) is 11.1 Å². The first-order chi connectivity index (χ1) is 15.7. The minimum atomic E-state index is -4.26. The molecular formula is C18H26N10O3S2. The molecular weight excluding hydrogens is 468 g/mol. The Balaban J connectivity index is 2.35. The predicted molar refractivity (Wildman–Crippen MR) is 128 cm³/mol. The molecule has 0 aliphatic heterocycles. The van der Waals surface area contributed by atoms with Crippen molar-refractivity contribution in [3.05, 3.63) is 41.7 Å². The molecule has 1 aromatic heterocycles. The number of rotatable bonds is 10. The number of hydrogen-bond acceptors (Lipinski definition) is 11. The molecule has 3 aromatic rings. The number of aromatic nitrogens is 2. The molecule has 3 rings (SSSR count). The molecule has 14 N–H and O–H groups in total. The molecule has 33 heavy (non-hydrogen) atoms. The maximum absolute atomic E-state index is 12.7. The summed E-state index contributed by atoms with van der Waals surface area (Å²) in [5.41, 5.74) is 21.8. The van der Waals surface area contributed by atoms with Crippen LogP contribution in [-0.2, 0) is 10.0 Å². The molecule has 0 aliphatic carbocycles. The Morgan fingerprint density at radius 2 is 2.03 bits per heavy atom. The third-order valence-electron chi connectivity index (χ3n) is 4.64. The second-order valence-electron chi connectivity index (χ2n) is 6.88. The Bertz CT molecular complexity index is 1280. The first kappa shape index (κ1) is 24.9. The highest BCUT2D eigenvalue weighted by Crippen LogP contribution is 2.37. The number of aromatic amines is 1. The maximum atomic E-state index is 12.7. The van der Waals surface area contributed by atoms with E-state index in [2.05, 4.69) is 25.3 Å². The second-order valence-corrected chi connectivity index (χ2v) is 9.32. The number of aliphatic hydroxyl groups is 1. The lowest BCUT2D eigenvalue weighted by atomic mass is 9.97. The van der Waals surface area contributed by atoms with Gasteiger partial charge >= 0.3 is 0 Å². The minimum absolute atomic E-state index is 0.0542. The van der Waals surface area contributed by atoms with Gasteiger partial charge < -0.3 is 27.3 Å². The lowest BCUT2D eigenvalue weighted by molar-refractivity contribution is 0.264. The fourth-order valence-electron chi connectivity index (χ4n) is 3.25. The topological polar surface area (TPSA) is 250 Å². The van der Waals surface area contributed by atoms with Crippen LogP contribution in [0.1, 0.15) is 17.4 Å². The number of aliphatic hydroxyl groups excluding tert-OH is 1. The lowest BCUT2D eigenvalue weighted by Crippen LogP contribution is -2.27. The van der Waals surface area contributed by atoms with E-state index in [0.29, 0.717) is 46.0 Å². The van der Waals surface area contributed by atoms with Gasteiger partial charge in [0, 0.05) is 29.1 Å². The number of H-pyrrole nitrogens is 1. The number of primary sulfonamides is 1. The summed E-state index contributed by atoms with van der Waals surface area (Å²) in [6, 6.07) is 7.84. The zero-order valence-electron chi connectivity index (χ0n) is 17.4. The average molecular weight is 495 g/mol. The quantitative estimate of drug-likeness (QED) is 0.0392. The first-order valence-electron chi connectivity index (χ1n) is 9.67. The molecule has 0 bridgehead atoms. The van der Waals surface area contributed by atoms with Crippen LogP contribution in [0.3, 0.4) is 0 Å². The molecule has 0 radical (unpaired) electrons.